The second-order valence-corrected chi connectivity index (χ2v) is 14.5. The molecule has 0 unspecified atom stereocenters. The van der Waals surface area contributed by atoms with Crippen LogP contribution in [0.3, 0.4) is 0 Å². The molecule has 2 aliphatic rings. The highest BCUT2D eigenvalue weighted by atomic mass is 35.5. The second kappa shape index (κ2) is 21.9. The number of anilines is 2. The van der Waals surface area contributed by atoms with Gasteiger partial charge in [0.1, 0.15) is 35.4 Å². The van der Waals surface area contributed by atoms with Gasteiger partial charge >= 0.3 is 5.97 Å². The number of aliphatic carboxylic acids is 1. The summed E-state index contributed by atoms with van der Waals surface area (Å²) in [6.07, 6.45) is 4.07. The van der Waals surface area contributed by atoms with Gasteiger partial charge in [-0.3, -0.25) is 19.2 Å². The van der Waals surface area contributed by atoms with Crippen LogP contribution in [0.25, 0.3) is 21.8 Å². The van der Waals surface area contributed by atoms with Gasteiger partial charge in [0.2, 0.25) is 5.91 Å². The summed E-state index contributed by atoms with van der Waals surface area (Å²) in [6, 6.07) is 22.3. The largest absolute Gasteiger partial charge is 0.481 e. The SMILES string of the molecule is Cc1cccc2c(=O)[nH]c(CCC(=O)N3CCN(c4ccc(C#N)cn4)CC3)nc12.Cc1cccc2c(=O)[nH]c(CCC(=O)O)nc12.Cl.N#Cc1ccc(N2CCNCC2)nc1. The summed E-state index contributed by atoms with van der Waals surface area (Å²) in [5.41, 5.74) is 3.92. The smallest absolute Gasteiger partial charge is 0.303 e. The Hall–Kier alpha value is -7.21. The minimum atomic E-state index is -0.905. The Morgan fingerprint density at radius 3 is 1.58 bits per heavy atom. The molecule has 320 valence electrons. The van der Waals surface area contributed by atoms with Crippen LogP contribution in [-0.4, -0.2) is 104 Å². The van der Waals surface area contributed by atoms with Crippen molar-refractivity contribution in [2.24, 2.45) is 0 Å². The van der Waals surface area contributed by atoms with Crippen LogP contribution in [0.2, 0.25) is 0 Å². The molecule has 0 bridgehead atoms. The fourth-order valence-electron chi connectivity index (χ4n) is 6.91. The number of piperazine rings is 2. The molecule has 2 saturated heterocycles. The molecule has 6 heterocycles. The number of hydrogen-bond acceptors (Lipinski definition) is 13. The molecule has 62 heavy (non-hydrogen) atoms. The highest BCUT2D eigenvalue weighted by Gasteiger charge is 2.22. The summed E-state index contributed by atoms with van der Waals surface area (Å²) in [5.74, 6) is 1.88. The molecule has 0 atom stereocenters. The topological polar surface area (TPSA) is 241 Å². The van der Waals surface area contributed by atoms with Crippen molar-refractivity contribution >= 4 is 57.7 Å². The van der Waals surface area contributed by atoms with Gasteiger partial charge in [0.25, 0.3) is 11.1 Å². The van der Waals surface area contributed by atoms with Gasteiger partial charge in [-0.2, -0.15) is 10.5 Å². The number of para-hydroxylation sites is 2. The molecular formula is C44H47ClN12O5. The molecule has 17 nitrogen and oxygen atoms in total. The fraction of sp³-hybridized carbons (Fsp3) is 0.318. The first-order valence-corrected chi connectivity index (χ1v) is 19.9. The number of amides is 1. The molecule has 0 aliphatic carbocycles. The van der Waals surface area contributed by atoms with Crippen molar-refractivity contribution in [2.75, 3.05) is 62.2 Å². The van der Waals surface area contributed by atoms with Crippen LogP contribution in [0.5, 0.6) is 0 Å². The van der Waals surface area contributed by atoms with Crippen LogP contribution in [0.15, 0.2) is 82.6 Å². The van der Waals surface area contributed by atoms with E-state index in [1.807, 2.05) is 55.1 Å². The molecule has 2 fully saturated rings. The standard InChI is InChI=1S/C22H22N6O2.C12H12N2O3.C10H12N4.ClH/c1-15-3-2-4-17-21(15)25-18(26-22(17)30)6-8-20(29)28-11-9-27(10-12-28)19-7-5-16(13-23)14-24-19;1-7-3-2-4-8-11(7)13-9(14-12(8)17)5-6-10(15)16;11-7-9-1-2-10(13-8-9)14-5-3-12-4-6-14;/h2-5,7,14H,6,8-12H2,1H3,(H,25,26,30);2-4H,5-6H2,1H3,(H,15,16)(H,13,14,17);1-2,8,12H,3-6H2;1H. The predicted molar refractivity (Wildman–Crippen MR) is 238 cm³/mol. The molecule has 2 aromatic carbocycles. The zero-order valence-corrected chi connectivity index (χ0v) is 35.2. The highest BCUT2D eigenvalue weighted by Crippen LogP contribution is 2.17. The van der Waals surface area contributed by atoms with E-state index in [9.17, 15) is 19.2 Å². The third kappa shape index (κ3) is 12.0. The van der Waals surface area contributed by atoms with Gasteiger partial charge in [0, 0.05) is 84.0 Å². The number of aryl methyl sites for hydroxylation is 4. The quantitative estimate of drug-likeness (QED) is 0.170. The maximum absolute atomic E-state index is 12.6. The molecule has 6 aromatic rings. The van der Waals surface area contributed by atoms with Crippen molar-refractivity contribution in [2.45, 2.75) is 39.5 Å². The third-order valence-electron chi connectivity index (χ3n) is 10.3. The van der Waals surface area contributed by atoms with Crippen LogP contribution in [-0.2, 0) is 22.4 Å². The minimum Gasteiger partial charge on any atom is -0.481 e. The van der Waals surface area contributed by atoms with Crippen molar-refractivity contribution < 1.29 is 14.7 Å². The third-order valence-corrected chi connectivity index (χ3v) is 10.3. The van der Waals surface area contributed by atoms with Gasteiger partial charge in [-0.15, -0.1) is 12.4 Å². The summed E-state index contributed by atoms with van der Waals surface area (Å²) in [7, 11) is 0. The number of fused-ring (bicyclic) bond motifs is 2. The van der Waals surface area contributed by atoms with Gasteiger partial charge in [-0.25, -0.2) is 19.9 Å². The Morgan fingerprint density at radius 2 is 1.15 bits per heavy atom. The van der Waals surface area contributed by atoms with E-state index < -0.39 is 5.97 Å². The fourth-order valence-corrected chi connectivity index (χ4v) is 6.91. The van der Waals surface area contributed by atoms with Gasteiger partial charge < -0.3 is 35.1 Å². The molecular weight excluding hydrogens is 812 g/mol. The van der Waals surface area contributed by atoms with Crippen molar-refractivity contribution in [3.63, 3.8) is 0 Å². The number of rotatable bonds is 8. The van der Waals surface area contributed by atoms with Gasteiger partial charge in [-0.05, 0) is 61.4 Å². The molecule has 18 heteroatoms. The summed E-state index contributed by atoms with van der Waals surface area (Å²) in [4.78, 5) is 76.1. The second-order valence-electron chi connectivity index (χ2n) is 14.5. The van der Waals surface area contributed by atoms with Crippen molar-refractivity contribution in [3.8, 4) is 12.1 Å². The number of carbonyl (C=O) groups excluding carboxylic acids is 1. The average molecular weight is 859 g/mol. The van der Waals surface area contributed by atoms with Gasteiger partial charge in [0.15, 0.2) is 0 Å². The number of H-pyrrole nitrogens is 2. The Bertz CT molecular complexity index is 2700. The van der Waals surface area contributed by atoms with Gasteiger partial charge in [-0.1, -0.05) is 24.3 Å². The summed E-state index contributed by atoms with van der Waals surface area (Å²) < 4.78 is 0. The maximum Gasteiger partial charge on any atom is 0.303 e. The number of hydrogen-bond donors (Lipinski definition) is 4. The monoisotopic (exact) mass is 858 g/mol. The number of halogens is 1. The normalized spacial score (nSPS) is 13.4. The number of carbonyl (C=O) groups is 2. The van der Waals surface area contributed by atoms with E-state index in [0.29, 0.717) is 83.6 Å². The molecule has 2 aliphatic heterocycles. The van der Waals surface area contributed by atoms with Crippen molar-refractivity contribution in [3.05, 3.63) is 128 Å². The lowest BCUT2D eigenvalue weighted by atomic mass is 10.1. The van der Waals surface area contributed by atoms with E-state index in [1.54, 1.807) is 36.7 Å². The van der Waals surface area contributed by atoms with Crippen LogP contribution >= 0.6 is 12.4 Å². The molecule has 8 rings (SSSR count). The van der Waals surface area contributed by atoms with E-state index in [0.717, 1.165) is 48.9 Å². The van der Waals surface area contributed by atoms with E-state index in [2.05, 4.69) is 57.2 Å². The molecule has 1 amide bonds. The van der Waals surface area contributed by atoms with Crippen molar-refractivity contribution in [1.82, 2.24) is 40.1 Å². The Morgan fingerprint density at radius 1 is 0.677 bits per heavy atom. The number of aromatic amines is 2. The highest BCUT2D eigenvalue weighted by molar-refractivity contribution is 5.85. The maximum atomic E-state index is 12.6. The molecule has 0 spiro atoms. The predicted octanol–water partition coefficient (Wildman–Crippen LogP) is 3.81. The summed E-state index contributed by atoms with van der Waals surface area (Å²) in [6.45, 7) is 10.4. The lowest BCUT2D eigenvalue weighted by molar-refractivity contribution is -0.137. The van der Waals surface area contributed by atoms with Crippen LogP contribution in [0, 0.1) is 36.5 Å². The number of benzene rings is 2. The van der Waals surface area contributed by atoms with Crippen LogP contribution < -0.4 is 26.2 Å². The first kappa shape index (κ1) is 45.9. The summed E-state index contributed by atoms with van der Waals surface area (Å²) in [5, 5.41) is 30.5. The number of pyridine rings is 2. The number of carboxylic acids is 1. The van der Waals surface area contributed by atoms with Crippen molar-refractivity contribution in [1.29, 1.82) is 10.5 Å². The molecule has 0 saturated carbocycles. The van der Waals surface area contributed by atoms with Crippen LogP contribution in [0.4, 0.5) is 11.6 Å². The number of nitrogens with zero attached hydrogens (tertiary/aromatic N) is 9. The molecule has 0 radical (unpaired) electrons. The average Bonchev–Trinajstić information content (AvgIpc) is 3.29. The minimum absolute atomic E-state index is 0. The zero-order valence-electron chi connectivity index (χ0n) is 34.4. The Kier molecular flexibility index (Phi) is 16.2. The zero-order chi connectivity index (χ0) is 43.3. The van der Waals surface area contributed by atoms with Gasteiger partial charge in [0.05, 0.1) is 39.4 Å². The Labute approximate surface area is 363 Å². The first-order chi connectivity index (χ1) is 29.5. The Balaban J connectivity index is 0.000000192. The van der Waals surface area contributed by atoms with E-state index in [4.69, 9.17) is 15.6 Å². The lowest BCUT2D eigenvalue weighted by Gasteiger charge is -2.35. The van der Waals surface area contributed by atoms with E-state index in [-0.39, 0.29) is 42.3 Å². The summed E-state index contributed by atoms with van der Waals surface area (Å²) >= 11 is 0. The number of nitrogens with one attached hydrogen (secondary N) is 3. The number of aromatic nitrogens is 6. The van der Waals surface area contributed by atoms with E-state index in [1.165, 1.54) is 0 Å². The first-order valence-electron chi connectivity index (χ1n) is 19.9. The number of nitriles is 2. The molecule has 4 N–H and O–H groups in total. The lowest BCUT2D eigenvalue weighted by Crippen LogP contribution is -2.49. The molecule has 4 aromatic heterocycles. The van der Waals surface area contributed by atoms with E-state index >= 15 is 0 Å². The number of carboxylic acid groups (broad SMARTS) is 1. The van der Waals surface area contributed by atoms with Crippen LogP contribution in [0.1, 0.15) is 46.7 Å².